The number of esters is 1. The Bertz CT molecular complexity index is 1400. The van der Waals surface area contributed by atoms with Gasteiger partial charge in [-0.05, 0) is 29.9 Å². The van der Waals surface area contributed by atoms with Crippen molar-refractivity contribution in [3.05, 3.63) is 56.6 Å². The van der Waals surface area contributed by atoms with Crippen molar-refractivity contribution >= 4 is 39.9 Å². The number of cyclic esters (lactones) is 1. The van der Waals surface area contributed by atoms with Crippen LogP contribution < -0.4 is 21.9 Å². The average molecular weight is 455 g/mol. The van der Waals surface area contributed by atoms with Gasteiger partial charge in [0.1, 0.15) is 12.4 Å². The summed E-state index contributed by atoms with van der Waals surface area (Å²) in [5, 5.41) is 17.2. The molecule has 0 radical (unpaired) electrons. The van der Waals surface area contributed by atoms with E-state index in [1.165, 1.54) is 16.7 Å². The first-order valence-electron chi connectivity index (χ1n) is 9.78. The molecule has 1 aromatic carbocycles. The quantitative estimate of drug-likeness (QED) is 0.197. The number of nitrogens with two attached hydrogens (primary N) is 1. The molecule has 0 aliphatic carbocycles. The van der Waals surface area contributed by atoms with Crippen LogP contribution in [0.5, 0.6) is 0 Å². The summed E-state index contributed by atoms with van der Waals surface area (Å²) in [6.07, 6.45) is -1.55. The van der Waals surface area contributed by atoms with Gasteiger partial charge in [0.05, 0.1) is 34.7 Å². The average Bonchev–Trinajstić information content (AvgIpc) is 3.14. The molecule has 0 spiro atoms. The van der Waals surface area contributed by atoms with Crippen LogP contribution in [0.3, 0.4) is 0 Å². The van der Waals surface area contributed by atoms with Gasteiger partial charge < -0.3 is 30.8 Å². The summed E-state index contributed by atoms with van der Waals surface area (Å²) in [7, 11) is 1.69. The first kappa shape index (κ1) is 20.3. The van der Waals surface area contributed by atoms with Gasteiger partial charge in [-0.1, -0.05) is 0 Å². The smallest absolute Gasteiger partial charge is 0.340 e. The number of carbonyl (C=O) groups excluding carboxylic acids is 1. The summed E-state index contributed by atoms with van der Waals surface area (Å²) >= 11 is 5.19. The molecule has 0 saturated carbocycles. The van der Waals surface area contributed by atoms with E-state index in [1.807, 2.05) is 0 Å². The van der Waals surface area contributed by atoms with E-state index in [0.717, 1.165) is 11.1 Å². The highest BCUT2D eigenvalue weighted by Gasteiger charge is 2.34. The molecule has 5 N–H and O–H groups in total. The molecule has 4 heterocycles. The number of hydrogen-bond acceptors (Lipinski definition) is 7. The predicted molar refractivity (Wildman–Crippen MR) is 118 cm³/mol. The molecule has 2 aliphatic heterocycles. The molecule has 11 heteroatoms. The van der Waals surface area contributed by atoms with E-state index in [1.54, 1.807) is 13.1 Å². The maximum absolute atomic E-state index is 14.2. The Morgan fingerprint density at radius 2 is 2.16 bits per heavy atom. The number of carbonyl (C=O) groups is 1. The number of halogens is 1. The highest BCUT2D eigenvalue weighted by Crippen LogP contribution is 2.38. The van der Waals surface area contributed by atoms with Crippen LogP contribution in [0.2, 0.25) is 0 Å². The lowest BCUT2D eigenvalue weighted by Gasteiger charge is -2.21. The van der Waals surface area contributed by atoms with Crippen LogP contribution in [-0.2, 0) is 29.2 Å². The van der Waals surface area contributed by atoms with Gasteiger partial charge in [0.15, 0.2) is 11.2 Å². The number of hydrogen-bond donors (Lipinski definition) is 4. The van der Waals surface area contributed by atoms with E-state index in [0.29, 0.717) is 33.9 Å². The Balaban J connectivity index is 1.76. The van der Waals surface area contributed by atoms with Crippen LogP contribution in [-0.4, -0.2) is 32.8 Å². The van der Waals surface area contributed by atoms with Gasteiger partial charge >= 0.3 is 5.97 Å². The standard InChI is InChI=1S/C21H18FN5O4S/c1-24-21(32)25-5-10-8-2-14(23)13(22)4-15(8)26-17-11(10)6-27-16(17)3-9-12(19(27)29)7-31-20(30)18(9)28/h2-4,18,28H,5-7,23H2,1H3,(H2,24,25,32). The number of aromatic nitrogens is 2. The van der Waals surface area contributed by atoms with E-state index in [2.05, 4.69) is 15.6 Å². The van der Waals surface area contributed by atoms with Gasteiger partial charge in [0.25, 0.3) is 5.56 Å². The number of pyridine rings is 2. The second-order valence-electron chi connectivity index (χ2n) is 7.61. The molecule has 3 aromatic rings. The van der Waals surface area contributed by atoms with Crippen molar-refractivity contribution in [3.63, 3.8) is 0 Å². The Morgan fingerprint density at radius 1 is 1.38 bits per heavy atom. The summed E-state index contributed by atoms with van der Waals surface area (Å²) < 4.78 is 20.7. The number of benzene rings is 1. The Morgan fingerprint density at radius 3 is 2.91 bits per heavy atom. The highest BCUT2D eigenvalue weighted by atomic mass is 32.1. The van der Waals surface area contributed by atoms with Gasteiger partial charge in [-0.25, -0.2) is 14.2 Å². The minimum Gasteiger partial charge on any atom is -0.458 e. The van der Waals surface area contributed by atoms with Crippen LogP contribution >= 0.6 is 12.2 Å². The summed E-state index contributed by atoms with van der Waals surface area (Å²) in [6.45, 7) is 0.297. The van der Waals surface area contributed by atoms with Gasteiger partial charge in [-0.3, -0.25) is 4.79 Å². The zero-order valence-electron chi connectivity index (χ0n) is 16.9. The van der Waals surface area contributed by atoms with Crippen molar-refractivity contribution in [1.82, 2.24) is 20.2 Å². The maximum atomic E-state index is 14.2. The predicted octanol–water partition coefficient (Wildman–Crippen LogP) is 0.831. The van der Waals surface area contributed by atoms with E-state index in [4.69, 9.17) is 22.7 Å². The number of thiocarbonyl (C=S) groups is 1. The van der Waals surface area contributed by atoms with Crippen molar-refractivity contribution in [2.24, 2.45) is 0 Å². The van der Waals surface area contributed by atoms with Crippen molar-refractivity contribution in [3.8, 4) is 11.4 Å². The van der Waals surface area contributed by atoms with Crippen molar-refractivity contribution in [2.75, 3.05) is 12.8 Å². The lowest BCUT2D eigenvalue weighted by atomic mass is 9.98. The molecule has 2 aromatic heterocycles. The molecular weight excluding hydrogens is 437 g/mol. The number of fused-ring (bicyclic) bond motifs is 5. The molecule has 0 bridgehead atoms. The molecule has 5 rings (SSSR count). The van der Waals surface area contributed by atoms with Crippen LogP contribution in [0, 0.1) is 5.82 Å². The van der Waals surface area contributed by atoms with Crippen molar-refractivity contribution < 1.29 is 19.0 Å². The third-order valence-corrected chi connectivity index (χ3v) is 6.19. The Kier molecular flexibility index (Phi) is 4.60. The van der Waals surface area contributed by atoms with Gasteiger partial charge in [-0.15, -0.1) is 0 Å². The summed E-state index contributed by atoms with van der Waals surface area (Å²) in [6, 6.07) is 4.34. The number of aliphatic hydroxyl groups is 1. The first-order chi connectivity index (χ1) is 15.3. The summed E-state index contributed by atoms with van der Waals surface area (Å²) in [5.74, 6) is -1.41. The van der Waals surface area contributed by atoms with E-state index in [9.17, 15) is 19.1 Å². The van der Waals surface area contributed by atoms with Crippen LogP contribution in [0.4, 0.5) is 10.1 Å². The third-order valence-electron chi connectivity index (χ3n) is 5.85. The normalized spacial score (nSPS) is 16.2. The molecule has 1 unspecified atom stereocenters. The zero-order valence-corrected chi connectivity index (χ0v) is 17.7. The molecule has 9 nitrogen and oxygen atoms in total. The van der Waals surface area contributed by atoms with Gasteiger partial charge in [-0.2, -0.15) is 0 Å². The van der Waals surface area contributed by atoms with Crippen molar-refractivity contribution in [1.29, 1.82) is 0 Å². The second-order valence-corrected chi connectivity index (χ2v) is 8.01. The Hall–Kier alpha value is -3.57. The van der Waals surface area contributed by atoms with E-state index >= 15 is 0 Å². The molecule has 0 fully saturated rings. The minimum atomic E-state index is -1.55. The summed E-state index contributed by atoms with van der Waals surface area (Å²) in [5.41, 5.74) is 8.64. The SMILES string of the molecule is CNC(=S)NCc1c2c(nc3cc(F)c(N)cc13)-c1cc3c(c(=O)n1C2)COC(=O)C3O. The topological polar surface area (TPSA) is 132 Å². The number of nitrogens with one attached hydrogen (secondary N) is 2. The largest absolute Gasteiger partial charge is 0.458 e. The second kappa shape index (κ2) is 7.24. The monoisotopic (exact) mass is 455 g/mol. The first-order valence-corrected chi connectivity index (χ1v) is 10.2. The summed E-state index contributed by atoms with van der Waals surface area (Å²) in [4.78, 5) is 29.6. The molecule has 1 atom stereocenters. The maximum Gasteiger partial charge on any atom is 0.340 e. The number of ether oxygens (including phenoxy) is 1. The van der Waals surface area contributed by atoms with E-state index in [-0.39, 0.29) is 35.5 Å². The lowest BCUT2D eigenvalue weighted by molar-refractivity contribution is -0.157. The van der Waals surface area contributed by atoms with Gasteiger partial charge in [0.2, 0.25) is 0 Å². The Labute approximate surface area is 186 Å². The van der Waals surface area contributed by atoms with Crippen LogP contribution in [0.15, 0.2) is 23.0 Å². The van der Waals surface area contributed by atoms with Crippen molar-refractivity contribution in [2.45, 2.75) is 25.8 Å². The highest BCUT2D eigenvalue weighted by molar-refractivity contribution is 7.80. The molecule has 0 saturated heterocycles. The fourth-order valence-electron chi connectivity index (χ4n) is 4.21. The molecular formula is C21H18FN5O4S. The lowest BCUT2D eigenvalue weighted by Crippen LogP contribution is -2.33. The minimum absolute atomic E-state index is 0.0152. The van der Waals surface area contributed by atoms with Crippen LogP contribution in [0.1, 0.15) is 28.4 Å². The van der Waals surface area contributed by atoms with Crippen LogP contribution in [0.25, 0.3) is 22.3 Å². The van der Waals surface area contributed by atoms with E-state index < -0.39 is 17.9 Å². The fourth-order valence-corrected chi connectivity index (χ4v) is 4.28. The van der Waals surface area contributed by atoms with Gasteiger partial charge in [0, 0.05) is 36.2 Å². The zero-order chi connectivity index (χ0) is 22.7. The molecule has 2 aliphatic rings. The number of aliphatic hydroxyl groups excluding tert-OH is 1. The molecule has 32 heavy (non-hydrogen) atoms. The molecule has 164 valence electrons. The fraction of sp³-hybridized carbons (Fsp3) is 0.238. The third kappa shape index (κ3) is 2.93. The number of anilines is 1. The number of rotatable bonds is 2. The molecule has 0 amide bonds. The number of nitrogens with zero attached hydrogens (tertiary/aromatic N) is 2. The number of nitrogen functional groups attached to an aromatic ring is 1.